The molecule has 3 nitrogen and oxygen atoms in total. The van der Waals surface area contributed by atoms with Gasteiger partial charge in [0.15, 0.2) is 0 Å². The van der Waals surface area contributed by atoms with E-state index in [4.69, 9.17) is 4.74 Å². The Balaban J connectivity index is 1.57. The monoisotopic (exact) mass is 241 g/mol. The lowest BCUT2D eigenvalue weighted by molar-refractivity contribution is -0.0147. The van der Waals surface area contributed by atoms with Crippen LogP contribution in [0.25, 0.3) is 0 Å². The summed E-state index contributed by atoms with van der Waals surface area (Å²) in [6, 6.07) is 0. The van der Waals surface area contributed by atoms with Crippen molar-refractivity contribution >= 4 is 0 Å². The van der Waals surface area contributed by atoms with Crippen LogP contribution in [0.5, 0.6) is 0 Å². The molecule has 0 aromatic heterocycles. The van der Waals surface area contributed by atoms with Crippen LogP contribution < -0.4 is 5.32 Å². The third-order valence-electron chi connectivity index (χ3n) is 4.18. The standard InChI is InChI=1S/C14H27NO2/c1-14(2)8-7-13(17-14)10-15-9-11-3-5-12(16)6-4-11/h11-13,15-16H,3-10H2,1-2H3. The van der Waals surface area contributed by atoms with Gasteiger partial charge < -0.3 is 15.2 Å². The zero-order chi connectivity index (χ0) is 12.3. The van der Waals surface area contributed by atoms with Crippen molar-refractivity contribution in [1.82, 2.24) is 5.32 Å². The lowest BCUT2D eigenvalue weighted by atomic mass is 9.87. The molecule has 1 aliphatic carbocycles. The van der Waals surface area contributed by atoms with Crippen molar-refractivity contribution in [2.45, 2.75) is 70.2 Å². The molecule has 17 heavy (non-hydrogen) atoms. The molecule has 100 valence electrons. The van der Waals surface area contributed by atoms with Gasteiger partial charge in [-0.3, -0.25) is 0 Å². The fourth-order valence-electron chi connectivity index (χ4n) is 3.02. The van der Waals surface area contributed by atoms with Crippen LogP contribution in [0.1, 0.15) is 52.4 Å². The van der Waals surface area contributed by atoms with Gasteiger partial charge in [-0.05, 0) is 64.8 Å². The summed E-state index contributed by atoms with van der Waals surface area (Å²) in [4.78, 5) is 0. The van der Waals surface area contributed by atoms with Gasteiger partial charge in [-0.2, -0.15) is 0 Å². The van der Waals surface area contributed by atoms with Crippen molar-refractivity contribution in [3.05, 3.63) is 0 Å². The normalized spacial score (nSPS) is 37.2. The Morgan fingerprint density at radius 2 is 1.82 bits per heavy atom. The van der Waals surface area contributed by atoms with Gasteiger partial charge >= 0.3 is 0 Å². The zero-order valence-electron chi connectivity index (χ0n) is 11.2. The maximum atomic E-state index is 9.44. The van der Waals surface area contributed by atoms with Crippen LogP contribution >= 0.6 is 0 Å². The number of aliphatic hydroxyl groups excluding tert-OH is 1. The third kappa shape index (κ3) is 4.23. The van der Waals surface area contributed by atoms with Crippen molar-refractivity contribution < 1.29 is 9.84 Å². The first kappa shape index (κ1) is 13.3. The van der Waals surface area contributed by atoms with Crippen molar-refractivity contribution in [3.8, 4) is 0 Å². The molecule has 0 aromatic carbocycles. The Bertz CT molecular complexity index is 234. The molecule has 2 rings (SSSR count). The molecule has 0 radical (unpaired) electrons. The highest BCUT2D eigenvalue weighted by molar-refractivity contribution is 4.82. The fraction of sp³-hybridized carbons (Fsp3) is 1.00. The van der Waals surface area contributed by atoms with Gasteiger partial charge in [0.25, 0.3) is 0 Å². The third-order valence-corrected chi connectivity index (χ3v) is 4.18. The highest BCUT2D eigenvalue weighted by Crippen LogP contribution is 2.29. The molecule has 1 aliphatic heterocycles. The van der Waals surface area contributed by atoms with E-state index in [0.717, 1.165) is 31.8 Å². The first-order chi connectivity index (χ1) is 8.05. The molecule has 0 spiro atoms. The molecule has 1 atom stereocenters. The molecule has 2 aliphatic rings. The van der Waals surface area contributed by atoms with E-state index in [2.05, 4.69) is 19.2 Å². The lowest BCUT2D eigenvalue weighted by Gasteiger charge is -2.26. The quantitative estimate of drug-likeness (QED) is 0.792. The summed E-state index contributed by atoms with van der Waals surface area (Å²) in [6.07, 6.45) is 7.04. The van der Waals surface area contributed by atoms with E-state index in [0.29, 0.717) is 6.10 Å². The average molecular weight is 241 g/mol. The van der Waals surface area contributed by atoms with Crippen LogP contribution in [-0.2, 0) is 4.74 Å². The molecular weight excluding hydrogens is 214 g/mol. The molecule has 2 fully saturated rings. The second kappa shape index (κ2) is 5.68. The zero-order valence-corrected chi connectivity index (χ0v) is 11.2. The van der Waals surface area contributed by atoms with Crippen LogP contribution in [0.3, 0.4) is 0 Å². The van der Waals surface area contributed by atoms with E-state index >= 15 is 0 Å². The molecule has 2 N–H and O–H groups in total. The number of aliphatic hydroxyl groups is 1. The topological polar surface area (TPSA) is 41.5 Å². The van der Waals surface area contributed by atoms with Crippen LogP contribution in [0.2, 0.25) is 0 Å². The van der Waals surface area contributed by atoms with Crippen molar-refractivity contribution in [1.29, 1.82) is 0 Å². The van der Waals surface area contributed by atoms with E-state index in [1.165, 1.54) is 25.7 Å². The minimum absolute atomic E-state index is 0.0368. The number of ether oxygens (including phenoxy) is 1. The highest BCUT2D eigenvalue weighted by atomic mass is 16.5. The number of hydrogen-bond donors (Lipinski definition) is 2. The first-order valence-corrected chi connectivity index (χ1v) is 7.12. The summed E-state index contributed by atoms with van der Waals surface area (Å²) in [5.41, 5.74) is 0.0846. The number of hydrogen-bond acceptors (Lipinski definition) is 3. The van der Waals surface area contributed by atoms with Gasteiger partial charge in [0.1, 0.15) is 0 Å². The maximum absolute atomic E-state index is 9.44. The smallest absolute Gasteiger partial charge is 0.0707 e. The van der Waals surface area contributed by atoms with Crippen LogP contribution in [-0.4, -0.2) is 36.0 Å². The summed E-state index contributed by atoms with van der Waals surface area (Å²) < 4.78 is 5.95. The second-order valence-corrected chi connectivity index (χ2v) is 6.37. The molecule has 1 saturated heterocycles. The van der Waals surface area contributed by atoms with Gasteiger partial charge in [0.2, 0.25) is 0 Å². The summed E-state index contributed by atoms with van der Waals surface area (Å²) in [6.45, 7) is 6.43. The van der Waals surface area contributed by atoms with E-state index in [1.807, 2.05) is 0 Å². The summed E-state index contributed by atoms with van der Waals surface area (Å²) in [7, 11) is 0. The Morgan fingerprint density at radius 1 is 1.12 bits per heavy atom. The molecule has 0 bridgehead atoms. The van der Waals surface area contributed by atoms with E-state index in [9.17, 15) is 5.11 Å². The SMILES string of the molecule is CC1(C)CCC(CNCC2CCC(O)CC2)O1. The van der Waals surface area contributed by atoms with Crippen LogP contribution in [0, 0.1) is 5.92 Å². The summed E-state index contributed by atoms with van der Waals surface area (Å²) >= 11 is 0. The van der Waals surface area contributed by atoms with Gasteiger partial charge in [0.05, 0.1) is 17.8 Å². The maximum Gasteiger partial charge on any atom is 0.0707 e. The second-order valence-electron chi connectivity index (χ2n) is 6.37. The van der Waals surface area contributed by atoms with E-state index in [-0.39, 0.29) is 11.7 Å². The minimum atomic E-state index is -0.0368. The summed E-state index contributed by atoms with van der Waals surface area (Å²) in [5, 5.41) is 13.0. The van der Waals surface area contributed by atoms with Crippen molar-refractivity contribution in [2.75, 3.05) is 13.1 Å². The average Bonchev–Trinajstić information content (AvgIpc) is 2.61. The van der Waals surface area contributed by atoms with Crippen molar-refractivity contribution in [2.24, 2.45) is 5.92 Å². The predicted molar refractivity (Wildman–Crippen MR) is 69.0 cm³/mol. The van der Waals surface area contributed by atoms with Gasteiger partial charge in [-0.15, -0.1) is 0 Å². The first-order valence-electron chi connectivity index (χ1n) is 7.12. The molecule has 1 unspecified atom stereocenters. The molecule has 1 saturated carbocycles. The Morgan fingerprint density at radius 3 is 2.41 bits per heavy atom. The molecule has 1 heterocycles. The molecule has 0 amide bonds. The number of rotatable bonds is 4. The van der Waals surface area contributed by atoms with Crippen LogP contribution in [0.15, 0.2) is 0 Å². The Hall–Kier alpha value is -0.120. The van der Waals surface area contributed by atoms with Gasteiger partial charge in [-0.25, -0.2) is 0 Å². The van der Waals surface area contributed by atoms with E-state index in [1.54, 1.807) is 0 Å². The molecule has 3 heteroatoms. The fourth-order valence-corrected chi connectivity index (χ4v) is 3.02. The molecule has 0 aromatic rings. The highest BCUT2D eigenvalue weighted by Gasteiger charge is 2.31. The minimum Gasteiger partial charge on any atom is -0.393 e. The predicted octanol–water partition coefficient (Wildman–Crippen LogP) is 2.08. The lowest BCUT2D eigenvalue weighted by Crippen LogP contribution is -2.34. The van der Waals surface area contributed by atoms with Crippen LogP contribution in [0.4, 0.5) is 0 Å². The van der Waals surface area contributed by atoms with Gasteiger partial charge in [0, 0.05) is 6.54 Å². The van der Waals surface area contributed by atoms with Crippen molar-refractivity contribution in [3.63, 3.8) is 0 Å². The largest absolute Gasteiger partial charge is 0.393 e. The number of nitrogens with one attached hydrogen (secondary N) is 1. The summed E-state index contributed by atoms with van der Waals surface area (Å²) in [5.74, 6) is 0.757. The Kier molecular flexibility index (Phi) is 4.45. The molecular formula is C14H27NO2. The Labute approximate surface area is 105 Å². The van der Waals surface area contributed by atoms with Gasteiger partial charge in [-0.1, -0.05) is 0 Å². The van der Waals surface area contributed by atoms with E-state index < -0.39 is 0 Å².